The lowest BCUT2D eigenvalue weighted by Gasteiger charge is -2.32. The fourth-order valence-corrected chi connectivity index (χ4v) is 3.73. The summed E-state index contributed by atoms with van der Waals surface area (Å²) in [6, 6.07) is 5.36. The Kier molecular flexibility index (Phi) is 5.82. The first-order chi connectivity index (χ1) is 13.3. The number of amides is 1. The summed E-state index contributed by atoms with van der Waals surface area (Å²) in [6.07, 6.45) is 4.99. The number of carbonyl (C=O) groups excluding carboxylic acids is 1. The first-order valence-electron chi connectivity index (χ1n) is 9.70. The smallest absolute Gasteiger partial charge is 0.341 e. The van der Waals surface area contributed by atoms with E-state index in [4.69, 9.17) is 0 Å². The molecule has 0 radical (unpaired) electrons. The van der Waals surface area contributed by atoms with Gasteiger partial charge >= 0.3 is 5.97 Å². The largest absolute Gasteiger partial charge is 0.477 e. The van der Waals surface area contributed by atoms with Gasteiger partial charge in [-0.15, -0.1) is 5.10 Å². The second-order valence-corrected chi connectivity index (χ2v) is 7.85. The highest BCUT2D eigenvalue weighted by Gasteiger charge is 2.34. The van der Waals surface area contributed by atoms with Crippen LogP contribution in [0.15, 0.2) is 30.5 Å². The standard InChI is InChI=1S/C21H26FN3O3/c1-13(2)25(20(26)15-6-4-14(3)5-7-15)19-18(21(27)28)12-24(23-19)17-10-8-16(22)9-11-17/h8-15H,4-7H2,1-3H3,(H,27,28)/t14-,15-. The minimum Gasteiger partial charge on any atom is -0.477 e. The van der Waals surface area contributed by atoms with Crippen LogP contribution in [0.5, 0.6) is 0 Å². The zero-order valence-electron chi connectivity index (χ0n) is 16.4. The van der Waals surface area contributed by atoms with Gasteiger partial charge in [-0.25, -0.2) is 13.9 Å². The second kappa shape index (κ2) is 8.12. The van der Waals surface area contributed by atoms with Crippen molar-refractivity contribution in [1.82, 2.24) is 9.78 Å². The SMILES string of the molecule is CC(C)N(c1nn(-c2ccc(F)cc2)cc1C(=O)O)C(=O)[C@H]1CC[C@H](C)CC1. The van der Waals surface area contributed by atoms with E-state index in [0.29, 0.717) is 11.6 Å². The molecule has 28 heavy (non-hydrogen) atoms. The maximum Gasteiger partial charge on any atom is 0.341 e. The molecular formula is C21H26FN3O3. The lowest BCUT2D eigenvalue weighted by atomic mass is 9.82. The van der Waals surface area contributed by atoms with Crippen LogP contribution >= 0.6 is 0 Å². The van der Waals surface area contributed by atoms with Crippen LogP contribution in [0.1, 0.15) is 56.8 Å². The Morgan fingerprint density at radius 2 is 1.79 bits per heavy atom. The maximum atomic E-state index is 13.2. The Morgan fingerprint density at radius 1 is 1.18 bits per heavy atom. The molecule has 2 aromatic rings. The van der Waals surface area contributed by atoms with Gasteiger partial charge in [-0.2, -0.15) is 0 Å². The highest BCUT2D eigenvalue weighted by Crippen LogP contribution is 2.32. The van der Waals surface area contributed by atoms with Crippen molar-refractivity contribution in [2.45, 2.75) is 52.5 Å². The van der Waals surface area contributed by atoms with Crippen LogP contribution in [0.4, 0.5) is 10.2 Å². The molecule has 1 amide bonds. The monoisotopic (exact) mass is 387 g/mol. The van der Waals surface area contributed by atoms with E-state index in [1.807, 2.05) is 13.8 Å². The first kappa shape index (κ1) is 20.0. The normalized spacial score (nSPS) is 19.6. The van der Waals surface area contributed by atoms with Gasteiger partial charge in [-0.3, -0.25) is 9.69 Å². The minimum absolute atomic E-state index is 0.0458. The molecule has 150 valence electrons. The van der Waals surface area contributed by atoms with Crippen molar-refractivity contribution in [2.75, 3.05) is 4.90 Å². The molecule has 1 saturated carbocycles. The van der Waals surface area contributed by atoms with Crippen LogP contribution in [0.2, 0.25) is 0 Å². The predicted molar refractivity (Wildman–Crippen MR) is 104 cm³/mol. The number of carbonyl (C=O) groups is 2. The first-order valence-corrected chi connectivity index (χ1v) is 9.70. The van der Waals surface area contributed by atoms with Crippen LogP contribution in [0, 0.1) is 17.7 Å². The van der Waals surface area contributed by atoms with Gasteiger partial charge in [-0.1, -0.05) is 6.92 Å². The maximum absolute atomic E-state index is 13.2. The van der Waals surface area contributed by atoms with E-state index in [-0.39, 0.29) is 35.1 Å². The molecule has 1 aromatic heterocycles. The van der Waals surface area contributed by atoms with Crippen LogP contribution in [0.3, 0.4) is 0 Å². The number of rotatable bonds is 5. The third-order valence-electron chi connectivity index (χ3n) is 5.36. The molecule has 0 bridgehead atoms. The molecule has 1 N–H and O–H groups in total. The van der Waals surface area contributed by atoms with Gasteiger partial charge in [-0.05, 0) is 69.7 Å². The number of hydrogen-bond donors (Lipinski definition) is 1. The molecule has 1 aliphatic carbocycles. The van der Waals surface area contributed by atoms with Gasteiger partial charge in [0, 0.05) is 18.2 Å². The average Bonchev–Trinajstić information content (AvgIpc) is 3.07. The van der Waals surface area contributed by atoms with E-state index in [9.17, 15) is 19.1 Å². The third kappa shape index (κ3) is 4.08. The summed E-state index contributed by atoms with van der Waals surface area (Å²) in [7, 11) is 0. The molecule has 7 heteroatoms. The van der Waals surface area contributed by atoms with Crippen molar-refractivity contribution in [3.8, 4) is 5.69 Å². The quantitative estimate of drug-likeness (QED) is 0.831. The number of carboxylic acid groups (broad SMARTS) is 1. The van der Waals surface area contributed by atoms with Gasteiger partial charge in [0.2, 0.25) is 5.91 Å². The Labute approximate surface area is 164 Å². The van der Waals surface area contributed by atoms with Crippen LogP contribution in [0.25, 0.3) is 5.69 Å². The molecule has 1 heterocycles. The molecule has 0 aliphatic heterocycles. The average molecular weight is 387 g/mol. The lowest BCUT2D eigenvalue weighted by molar-refractivity contribution is -0.123. The molecule has 0 unspecified atom stereocenters. The van der Waals surface area contributed by atoms with Gasteiger partial charge in [0.1, 0.15) is 11.4 Å². The Balaban J connectivity index is 1.99. The zero-order valence-corrected chi connectivity index (χ0v) is 16.4. The van der Waals surface area contributed by atoms with Gasteiger partial charge < -0.3 is 5.11 Å². The number of anilines is 1. The van der Waals surface area contributed by atoms with Crippen molar-refractivity contribution >= 4 is 17.7 Å². The van der Waals surface area contributed by atoms with Crippen molar-refractivity contribution in [3.05, 3.63) is 41.8 Å². The topological polar surface area (TPSA) is 75.4 Å². The number of carboxylic acids is 1. The second-order valence-electron chi connectivity index (χ2n) is 7.85. The van der Waals surface area contributed by atoms with Crippen LogP contribution < -0.4 is 4.90 Å². The fraction of sp³-hybridized carbons (Fsp3) is 0.476. The minimum atomic E-state index is -1.15. The third-order valence-corrected chi connectivity index (χ3v) is 5.36. The molecule has 0 spiro atoms. The molecular weight excluding hydrogens is 361 g/mol. The number of aromatic nitrogens is 2. The molecule has 6 nitrogen and oxygen atoms in total. The number of hydrogen-bond acceptors (Lipinski definition) is 3. The van der Waals surface area contributed by atoms with Crippen molar-refractivity contribution in [2.24, 2.45) is 11.8 Å². The van der Waals surface area contributed by atoms with E-state index in [1.165, 1.54) is 40.0 Å². The summed E-state index contributed by atoms with van der Waals surface area (Å²) in [4.78, 5) is 26.6. The highest BCUT2D eigenvalue weighted by molar-refractivity contribution is 6.01. The summed E-state index contributed by atoms with van der Waals surface area (Å²) in [5, 5.41) is 14.1. The molecule has 1 aromatic carbocycles. The zero-order chi connectivity index (χ0) is 20.4. The van der Waals surface area contributed by atoms with E-state index >= 15 is 0 Å². The van der Waals surface area contributed by atoms with Crippen LogP contribution in [-0.2, 0) is 4.79 Å². The number of benzene rings is 1. The highest BCUT2D eigenvalue weighted by atomic mass is 19.1. The summed E-state index contributed by atoms with van der Waals surface area (Å²) < 4.78 is 14.6. The Bertz CT molecular complexity index is 852. The van der Waals surface area contributed by atoms with Crippen molar-refractivity contribution in [1.29, 1.82) is 0 Å². The fourth-order valence-electron chi connectivity index (χ4n) is 3.73. The lowest BCUT2D eigenvalue weighted by Crippen LogP contribution is -2.43. The summed E-state index contributed by atoms with van der Waals surface area (Å²) >= 11 is 0. The summed E-state index contributed by atoms with van der Waals surface area (Å²) in [5.74, 6) is -0.983. The Morgan fingerprint density at radius 3 is 2.32 bits per heavy atom. The molecule has 1 fully saturated rings. The summed E-state index contributed by atoms with van der Waals surface area (Å²) in [5.41, 5.74) is 0.480. The molecule has 3 rings (SSSR count). The van der Waals surface area contributed by atoms with Crippen molar-refractivity contribution < 1.29 is 19.1 Å². The van der Waals surface area contributed by atoms with E-state index < -0.39 is 5.97 Å². The van der Waals surface area contributed by atoms with E-state index in [1.54, 1.807) is 0 Å². The van der Waals surface area contributed by atoms with Gasteiger partial charge in [0.25, 0.3) is 0 Å². The van der Waals surface area contributed by atoms with Crippen LogP contribution in [-0.4, -0.2) is 32.8 Å². The van der Waals surface area contributed by atoms with E-state index in [0.717, 1.165) is 25.7 Å². The predicted octanol–water partition coefficient (Wildman–Crippen LogP) is 4.28. The number of nitrogens with zero attached hydrogens (tertiary/aromatic N) is 3. The number of halogens is 1. The Hall–Kier alpha value is -2.70. The van der Waals surface area contributed by atoms with Gasteiger partial charge in [0.05, 0.1) is 5.69 Å². The number of aromatic carboxylic acids is 1. The molecule has 0 atom stereocenters. The molecule has 0 saturated heterocycles. The molecule has 1 aliphatic rings. The van der Waals surface area contributed by atoms with Gasteiger partial charge in [0.15, 0.2) is 5.82 Å². The van der Waals surface area contributed by atoms with Crippen molar-refractivity contribution in [3.63, 3.8) is 0 Å². The summed E-state index contributed by atoms with van der Waals surface area (Å²) in [6.45, 7) is 5.89. The van der Waals surface area contributed by atoms with E-state index in [2.05, 4.69) is 12.0 Å².